The van der Waals surface area contributed by atoms with Gasteiger partial charge in [-0.1, -0.05) is 38.8 Å². The van der Waals surface area contributed by atoms with Crippen LogP contribution in [0.3, 0.4) is 0 Å². The molecule has 0 N–H and O–H groups in total. The Hall–Kier alpha value is -1.58. The van der Waals surface area contributed by atoms with Gasteiger partial charge in [0.1, 0.15) is 5.57 Å². The van der Waals surface area contributed by atoms with Gasteiger partial charge in [0, 0.05) is 0 Å². The number of carbonyl (C=O) groups excluding carboxylic acids is 2. The van der Waals surface area contributed by atoms with Gasteiger partial charge in [-0.2, -0.15) is 0 Å². The molecule has 0 aliphatic heterocycles. The Labute approximate surface area is 160 Å². The van der Waals surface area contributed by atoms with Gasteiger partial charge in [0.2, 0.25) is 0 Å². The molecule has 150 valence electrons. The highest BCUT2D eigenvalue weighted by Crippen LogP contribution is 2.31. The average Bonchev–Trinajstić information content (AvgIpc) is 2.52. The van der Waals surface area contributed by atoms with Crippen LogP contribution < -0.4 is 0 Å². The molecule has 0 aromatic heterocycles. The van der Waals surface area contributed by atoms with Crippen molar-refractivity contribution >= 4 is 11.9 Å². The number of carbonyl (C=O) groups is 2. The molecule has 0 saturated heterocycles. The van der Waals surface area contributed by atoms with Crippen molar-refractivity contribution in [1.29, 1.82) is 0 Å². The largest absolute Gasteiger partial charge is 0.462 e. The average molecular weight is 367 g/mol. The van der Waals surface area contributed by atoms with E-state index in [1.165, 1.54) is 18.4 Å². The van der Waals surface area contributed by atoms with Gasteiger partial charge in [0.05, 0.1) is 13.2 Å². The summed E-state index contributed by atoms with van der Waals surface area (Å²) < 4.78 is 9.96. The van der Waals surface area contributed by atoms with Gasteiger partial charge in [0.15, 0.2) is 0 Å². The number of hydrogen-bond donors (Lipinski definition) is 0. The van der Waals surface area contributed by atoms with Gasteiger partial charge in [-0.05, 0) is 64.2 Å². The lowest BCUT2D eigenvalue weighted by Crippen LogP contribution is -2.19. The zero-order valence-corrected chi connectivity index (χ0v) is 17.7. The number of allylic oxidation sites excluding steroid dienone is 2. The zero-order valence-electron chi connectivity index (χ0n) is 17.7. The van der Waals surface area contributed by atoms with Crippen LogP contribution in [0.4, 0.5) is 0 Å². The first kappa shape index (κ1) is 24.4. The topological polar surface area (TPSA) is 52.6 Å². The van der Waals surface area contributed by atoms with E-state index in [9.17, 15) is 9.59 Å². The molecule has 0 saturated carbocycles. The SMILES string of the molecule is C=C(C)CCCC(C)(C)CCCC(C)C=C(C(=O)OCC)C(=O)OCC. The van der Waals surface area contributed by atoms with E-state index in [-0.39, 0.29) is 24.7 Å². The molecule has 0 spiro atoms. The van der Waals surface area contributed by atoms with Crippen molar-refractivity contribution in [2.75, 3.05) is 13.2 Å². The third kappa shape index (κ3) is 11.1. The lowest BCUT2D eigenvalue weighted by atomic mass is 9.81. The maximum absolute atomic E-state index is 12.0. The van der Waals surface area contributed by atoms with Crippen LogP contribution in [0.15, 0.2) is 23.8 Å². The Morgan fingerprint density at radius 1 is 1.04 bits per heavy atom. The molecule has 0 bridgehead atoms. The fraction of sp³-hybridized carbons (Fsp3) is 0.727. The van der Waals surface area contributed by atoms with Crippen LogP contribution in [0.1, 0.15) is 80.1 Å². The molecule has 0 aromatic rings. The van der Waals surface area contributed by atoms with Crippen LogP contribution in [0, 0.1) is 11.3 Å². The second kappa shape index (κ2) is 12.7. The first-order chi connectivity index (χ1) is 12.1. The Morgan fingerprint density at radius 2 is 1.54 bits per heavy atom. The van der Waals surface area contributed by atoms with E-state index in [1.54, 1.807) is 19.9 Å². The van der Waals surface area contributed by atoms with Gasteiger partial charge < -0.3 is 9.47 Å². The maximum Gasteiger partial charge on any atom is 0.345 e. The van der Waals surface area contributed by atoms with Gasteiger partial charge in [-0.3, -0.25) is 0 Å². The third-order valence-electron chi connectivity index (χ3n) is 4.41. The number of esters is 2. The minimum atomic E-state index is -0.599. The third-order valence-corrected chi connectivity index (χ3v) is 4.41. The molecule has 4 nitrogen and oxygen atoms in total. The van der Waals surface area contributed by atoms with Gasteiger partial charge in [-0.25, -0.2) is 9.59 Å². The standard InChI is InChI=1S/C22H38O4/c1-8-25-20(23)19(21(24)26-9-2)16-18(5)13-11-15-22(6,7)14-10-12-17(3)4/h16,18H,3,8-15H2,1-2,4-7H3. The second-order valence-electron chi connectivity index (χ2n) is 7.87. The highest BCUT2D eigenvalue weighted by atomic mass is 16.6. The van der Waals surface area contributed by atoms with E-state index in [1.807, 2.05) is 6.92 Å². The van der Waals surface area contributed by atoms with Crippen LogP contribution in [-0.2, 0) is 19.1 Å². The van der Waals surface area contributed by atoms with Crippen molar-refractivity contribution in [2.45, 2.75) is 80.1 Å². The molecule has 0 radical (unpaired) electrons. The van der Waals surface area contributed by atoms with Crippen molar-refractivity contribution in [2.24, 2.45) is 11.3 Å². The van der Waals surface area contributed by atoms with E-state index >= 15 is 0 Å². The Balaban J connectivity index is 4.62. The highest BCUT2D eigenvalue weighted by Gasteiger charge is 2.22. The first-order valence-electron chi connectivity index (χ1n) is 9.83. The predicted octanol–water partition coefficient (Wildman–Crippen LogP) is 5.62. The van der Waals surface area contributed by atoms with Gasteiger partial charge in [0.25, 0.3) is 0 Å². The Morgan fingerprint density at radius 3 is 2.00 bits per heavy atom. The molecule has 0 aliphatic carbocycles. The molecule has 0 fully saturated rings. The fourth-order valence-corrected chi connectivity index (χ4v) is 2.90. The van der Waals surface area contributed by atoms with E-state index < -0.39 is 11.9 Å². The minimum Gasteiger partial charge on any atom is -0.462 e. The summed E-state index contributed by atoms with van der Waals surface area (Å²) in [6, 6.07) is 0. The fourth-order valence-electron chi connectivity index (χ4n) is 2.90. The van der Waals surface area contributed by atoms with Crippen LogP contribution in [0.2, 0.25) is 0 Å². The van der Waals surface area contributed by atoms with Crippen molar-refractivity contribution < 1.29 is 19.1 Å². The summed E-state index contributed by atoms with van der Waals surface area (Å²) in [4.78, 5) is 24.0. The summed E-state index contributed by atoms with van der Waals surface area (Å²) in [5.41, 5.74) is 1.55. The predicted molar refractivity (Wildman–Crippen MR) is 107 cm³/mol. The van der Waals surface area contributed by atoms with E-state index in [0.29, 0.717) is 5.41 Å². The summed E-state index contributed by atoms with van der Waals surface area (Å²) in [5, 5.41) is 0. The molecule has 4 heteroatoms. The van der Waals surface area contributed by atoms with Gasteiger partial charge >= 0.3 is 11.9 Å². The Bertz CT molecular complexity index is 468. The summed E-state index contributed by atoms with van der Waals surface area (Å²) >= 11 is 0. The molecule has 26 heavy (non-hydrogen) atoms. The number of hydrogen-bond acceptors (Lipinski definition) is 4. The van der Waals surface area contributed by atoms with Gasteiger partial charge in [-0.15, -0.1) is 6.58 Å². The van der Waals surface area contributed by atoms with Crippen LogP contribution in [0.25, 0.3) is 0 Å². The van der Waals surface area contributed by atoms with Crippen molar-refractivity contribution in [1.82, 2.24) is 0 Å². The van der Waals surface area contributed by atoms with E-state index in [4.69, 9.17) is 9.47 Å². The van der Waals surface area contributed by atoms with E-state index in [0.717, 1.165) is 25.7 Å². The summed E-state index contributed by atoms with van der Waals surface area (Å²) in [5.74, 6) is -1.08. The molecular formula is C22H38O4. The Kier molecular flexibility index (Phi) is 11.9. The molecule has 0 aliphatic rings. The maximum atomic E-state index is 12.0. The zero-order chi connectivity index (χ0) is 20.2. The molecule has 0 amide bonds. The number of ether oxygens (including phenoxy) is 2. The molecule has 1 unspecified atom stereocenters. The van der Waals surface area contributed by atoms with Crippen molar-refractivity contribution in [3.8, 4) is 0 Å². The molecule has 0 heterocycles. The van der Waals surface area contributed by atoms with E-state index in [2.05, 4.69) is 27.4 Å². The molecule has 0 rings (SSSR count). The summed E-state index contributed by atoms with van der Waals surface area (Å²) in [6.45, 7) is 16.6. The molecular weight excluding hydrogens is 328 g/mol. The van der Waals surface area contributed by atoms with Crippen LogP contribution in [-0.4, -0.2) is 25.2 Å². The quantitative estimate of drug-likeness (QED) is 0.140. The van der Waals surface area contributed by atoms with Crippen molar-refractivity contribution in [3.63, 3.8) is 0 Å². The van der Waals surface area contributed by atoms with Crippen LogP contribution in [0.5, 0.6) is 0 Å². The summed E-state index contributed by atoms with van der Waals surface area (Å²) in [7, 11) is 0. The minimum absolute atomic E-state index is 0.0157. The summed E-state index contributed by atoms with van der Waals surface area (Å²) in [6.07, 6.45) is 8.24. The lowest BCUT2D eigenvalue weighted by molar-refractivity contribution is -0.146. The van der Waals surface area contributed by atoms with Crippen LogP contribution >= 0.6 is 0 Å². The molecule has 0 aromatic carbocycles. The number of rotatable bonds is 13. The van der Waals surface area contributed by atoms with Crippen molar-refractivity contribution in [3.05, 3.63) is 23.8 Å². The smallest absolute Gasteiger partial charge is 0.345 e. The monoisotopic (exact) mass is 366 g/mol. The first-order valence-corrected chi connectivity index (χ1v) is 9.83. The second-order valence-corrected chi connectivity index (χ2v) is 7.87. The highest BCUT2D eigenvalue weighted by molar-refractivity contribution is 6.14. The molecule has 1 atom stereocenters. The lowest BCUT2D eigenvalue weighted by Gasteiger charge is -2.25. The normalized spacial score (nSPS) is 12.2.